The van der Waals surface area contributed by atoms with Crippen LogP contribution in [0.2, 0.25) is 5.02 Å². The Bertz CT molecular complexity index is 503. The summed E-state index contributed by atoms with van der Waals surface area (Å²) in [6.45, 7) is 0. The molecule has 1 amide bonds. The lowest BCUT2D eigenvalue weighted by atomic mass is 10.1. The van der Waals surface area contributed by atoms with Gasteiger partial charge >= 0.3 is 11.9 Å². The Hall–Kier alpha value is -2.08. The lowest BCUT2D eigenvalue weighted by Gasteiger charge is -2.14. The molecule has 0 aromatic heterocycles. The molecule has 1 aromatic carbocycles. The molecule has 0 spiro atoms. The third kappa shape index (κ3) is 4.59. The lowest BCUT2D eigenvalue weighted by molar-refractivity contribution is -0.140. The van der Waals surface area contributed by atoms with Gasteiger partial charge in [0.05, 0.1) is 10.6 Å². The van der Waals surface area contributed by atoms with E-state index in [1.807, 2.05) is 0 Å². The summed E-state index contributed by atoms with van der Waals surface area (Å²) in [6.07, 6.45) is -0.541. The molecule has 0 fully saturated rings. The zero-order chi connectivity index (χ0) is 14.4. The van der Waals surface area contributed by atoms with Crippen molar-refractivity contribution >= 4 is 29.4 Å². The predicted octanol–water partition coefficient (Wildman–Crippen LogP) is 1.39. The zero-order valence-corrected chi connectivity index (χ0v) is 10.6. The summed E-state index contributed by atoms with van der Waals surface area (Å²) in [5.41, 5.74) is 0.144. The van der Waals surface area contributed by atoms with Crippen LogP contribution >= 0.6 is 11.6 Å². The van der Waals surface area contributed by atoms with E-state index in [0.717, 1.165) is 0 Å². The number of carbonyl (C=O) groups is 3. The van der Waals surface area contributed by atoms with Gasteiger partial charge in [-0.2, -0.15) is 0 Å². The number of amides is 1. The van der Waals surface area contributed by atoms with E-state index >= 15 is 0 Å². The van der Waals surface area contributed by atoms with Crippen LogP contribution in [0.4, 0.5) is 0 Å². The minimum absolute atomic E-state index is 0.144. The number of carboxylic acids is 2. The minimum atomic E-state index is -1.29. The van der Waals surface area contributed by atoms with E-state index in [9.17, 15) is 14.4 Å². The number of aliphatic carboxylic acids is 2. The Morgan fingerprint density at radius 2 is 1.84 bits per heavy atom. The van der Waals surface area contributed by atoms with Crippen LogP contribution in [0.1, 0.15) is 23.2 Å². The summed E-state index contributed by atoms with van der Waals surface area (Å²) in [6, 6.07) is 4.92. The van der Waals surface area contributed by atoms with Crippen LogP contribution < -0.4 is 5.32 Å². The van der Waals surface area contributed by atoms with Gasteiger partial charge in [-0.3, -0.25) is 9.59 Å². The van der Waals surface area contributed by atoms with Crippen LogP contribution in [-0.2, 0) is 9.59 Å². The summed E-state index contributed by atoms with van der Waals surface area (Å²) in [4.78, 5) is 33.2. The first-order valence-corrected chi connectivity index (χ1v) is 5.79. The molecule has 7 heteroatoms. The highest BCUT2D eigenvalue weighted by Gasteiger charge is 2.22. The highest BCUT2D eigenvalue weighted by atomic mass is 35.5. The zero-order valence-electron chi connectivity index (χ0n) is 9.80. The van der Waals surface area contributed by atoms with Crippen molar-refractivity contribution in [1.29, 1.82) is 0 Å². The average molecular weight is 286 g/mol. The molecular formula is C12H12ClNO5. The number of rotatable bonds is 6. The molecule has 0 aliphatic carbocycles. The Labute approximate surface area is 114 Å². The first-order valence-electron chi connectivity index (χ1n) is 5.42. The Morgan fingerprint density at radius 3 is 2.37 bits per heavy atom. The van der Waals surface area contributed by atoms with Gasteiger partial charge in [-0.1, -0.05) is 23.7 Å². The van der Waals surface area contributed by atoms with Gasteiger partial charge in [0, 0.05) is 6.42 Å². The monoisotopic (exact) mass is 285 g/mol. The van der Waals surface area contributed by atoms with Gasteiger partial charge in [-0.25, -0.2) is 4.79 Å². The van der Waals surface area contributed by atoms with E-state index in [4.69, 9.17) is 21.8 Å². The Balaban J connectivity index is 2.74. The summed E-state index contributed by atoms with van der Waals surface area (Å²) in [5.74, 6) is -3.07. The van der Waals surface area contributed by atoms with Gasteiger partial charge in [-0.05, 0) is 18.6 Å². The maximum Gasteiger partial charge on any atom is 0.326 e. The van der Waals surface area contributed by atoms with Crippen LogP contribution in [0.5, 0.6) is 0 Å². The van der Waals surface area contributed by atoms with Crippen molar-refractivity contribution < 1.29 is 24.6 Å². The highest BCUT2D eigenvalue weighted by molar-refractivity contribution is 6.33. The molecule has 1 rings (SSSR count). The van der Waals surface area contributed by atoms with E-state index in [1.54, 1.807) is 12.1 Å². The van der Waals surface area contributed by atoms with Crippen LogP contribution in [0, 0.1) is 0 Å². The average Bonchev–Trinajstić information content (AvgIpc) is 2.34. The number of nitrogens with one attached hydrogen (secondary N) is 1. The first kappa shape index (κ1) is 15.0. The van der Waals surface area contributed by atoms with E-state index in [0.29, 0.717) is 0 Å². The number of hydrogen-bond acceptors (Lipinski definition) is 3. The minimum Gasteiger partial charge on any atom is -0.481 e. The summed E-state index contributed by atoms with van der Waals surface area (Å²) >= 11 is 5.81. The van der Waals surface area contributed by atoms with Crippen molar-refractivity contribution in [3.05, 3.63) is 34.9 Å². The van der Waals surface area contributed by atoms with Gasteiger partial charge in [0.1, 0.15) is 6.04 Å². The van der Waals surface area contributed by atoms with Crippen molar-refractivity contribution in [3.8, 4) is 0 Å². The summed E-state index contributed by atoms with van der Waals surface area (Å²) in [7, 11) is 0. The van der Waals surface area contributed by atoms with Gasteiger partial charge in [-0.15, -0.1) is 0 Å². The SMILES string of the molecule is O=C(O)CCC(NC(=O)c1ccccc1Cl)C(=O)O. The van der Waals surface area contributed by atoms with Crippen molar-refractivity contribution in [2.24, 2.45) is 0 Å². The van der Waals surface area contributed by atoms with Gasteiger partial charge in [0.15, 0.2) is 0 Å². The van der Waals surface area contributed by atoms with Crippen LogP contribution in [0.25, 0.3) is 0 Å². The standard InChI is InChI=1S/C12H12ClNO5/c13-8-4-2-1-3-7(8)11(17)14-9(12(18)19)5-6-10(15)16/h1-4,9H,5-6H2,(H,14,17)(H,15,16)(H,18,19). The molecule has 0 saturated heterocycles. The second-order valence-electron chi connectivity index (χ2n) is 3.78. The molecule has 19 heavy (non-hydrogen) atoms. The Kier molecular flexibility index (Phi) is 5.32. The molecular weight excluding hydrogens is 274 g/mol. The van der Waals surface area contributed by atoms with Crippen molar-refractivity contribution in [2.45, 2.75) is 18.9 Å². The van der Waals surface area contributed by atoms with Crippen molar-refractivity contribution in [1.82, 2.24) is 5.32 Å². The predicted molar refractivity (Wildman–Crippen MR) is 67.2 cm³/mol. The quantitative estimate of drug-likeness (QED) is 0.733. The van der Waals surface area contributed by atoms with E-state index < -0.39 is 23.9 Å². The number of benzene rings is 1. The molecule has 102 valence electrons. The number of carbonyl (C=O) groups excluding carboxylic acids is 1. The molecule has 1 atom stereocenters. The highest BCUT2D eigenvalue weighted by Crippen LogP contribution is 2.15. The molecule has 0 aliphatic rings. The molecule has 0 aliphatic heterocycles. The van der Waals surface area contributed by atoms with Gasteiger partial charge < -0.3 is 15.5 Å². The number of hydrogen-bond donors (Lipinski definition) is 3. The fourth-order valence-corrected chi connectivity index (χ4v) is 1.63. The summed E-state index contributed by atoms with van der Waals surface area (Å²) < 4.78 is 0. The third-order valence-corrected chi connectivity index (χ3v) is 2.70. The molecule has 0 bridgehead atoms. The van der Waals surface area contributed by atoms with Crippen LogP contribution in [-0.4, -0.2) is 34.1 Å². The molecule has 0 heterocycles. The smallest absolute Gasteiger partial charge is 0.326 e. The number of carboxylic acid groups (broad SMARTS) is 2. The third-order valence-electron chi connectivity index (χ3n) is 2.37. The maximum absolute atomic E-state index is 11.8. The molecule has 1 aromatic rings. The Morgan fingerprint density at radius 1 is 1.21 bits per heavy atom. The van der Waals surface area contributed by atoms with E-state index in [1.165, 1.54) is 12.1 Å². The van der Waals surface area contributed by atoms with Crippen LogP contribution in [0.3, 0.4) is 0 Å². The topological polar surface area (TPSA) is 104 Å². The van der Waals surface area contributed by atoms with Crippen molar-refractivity contribution in [2.75, 3.05) is 0 Å². The van der Waals surface area contributed by atoms with Crippen molar-refractivity contribution in [3.63, 3.8) is 0 Å². The molecule has 1 unspecified atom stereocenters. The maximum atomic E-state index is 11.8. The second-order valence-corrected chi connectivity index (χ2v) is 4.18. The first-order chi connectivity index (χ1) is 8.91. The lowest BCUT2D eigenvalue weighted by Crippen LogP contribution is -2.41. The normalized spacial score (nSPS) is 11.6. The van der Waals surface area contributed by atoms with E-state index in [2.05, 4.69) is 5.32 Å². The largest absolute Gasteiger partial charge is 0.481 e. The van der Waals surface area contributed by atoms with Crippen LogP contribution in [0.15, 0.2) is 24.3 Å². The van der Waals surface area contributed by atoms with E-state index in [-0.39, 0.29) is 23.4 Å². The van der Waals surface area contributed by atoms with Gasteiger partial charge in [0.25, 0.3) is 5.91 Å². The fourth-order valence-electron chi connectivity index (χ4n) is 1.41. The van der Waals surface area contributed by atoms with Gasteiger partial charge in [0.2, 0.25) is 0 Å². The number of halogens is 1. The second kappa shape index (κ2) is 6.75. The molecule has 3 N–H and O–H groups in total. The fraction of sp³-hybridized carbons (Fsp3) is 0.250. The molecule has 0 radical (unpaired) electrons. The molecule has 6 nitrogen and oxygen atoms in total. The molecule has 0 saturated carbocycles. The summed E-state index contributed by atoms with van der Waals surface area (Å²) in [5, 5.41) is 19.9.